The van der Waals surface area contributed by atoms with E-state index in [9.17, 15) is 4.79 Å². The molecule has 0 saturated heterocycles. The topological polar surface area (TPSA) is 60.1 Å². The highest BCUT2D eigenvalue weighted by Crippen LogP contribution is 2.27. The van der Waals surface area contributed by atoms with Crippen LogP contribution in [0.4, 0.5) is 5.82 Å². The Labute approximate surface area is 135 Å². The lowest BCUT2D eigenvalue weighted by atomic mass is 9.92. The van der Waals surface area contributed by atoms with Gasteiger partial charge >= 0.3 is 0 Å². The van der Waals surface area contributed by atoms with Crippen molar-refractivity contribution in [3.63, 3.8) is 0 Å². The molecule has 1 aromatic carbocycles. The third-order valence-electron chi connectivity index (χ3n) is 3.94. The van der Waals surface area contributed by atoms with Gasteiger partial charge in [-0.15, -0.1) is 0 Å². The van der Waals surface area contributed by atoms with E-state index >= 15 is 0 Å². The van der Waals surface area contributed by atoms with Crippen LogP contribution in [0.3, 0.4) is 0 Å². The van der Waals surface area contributed by atoms with Crippen molar-refractivity contribution in [2.45, 2.75) is 33.1 Å². The molecule has 0 atom stereocenters. The average molecular weight is 311 g/mol. The second-order valence-electron chi connectivity index (χ2n) is 6.79. The molecule has 5 nitrogen and oxygen atoms in total. The summed E-state index contributed by atoms with van der Waals surface area (Å²) in [4.78, 5) is 12.6. The zero-order chi connectivity index (χ0) is 16.8. The first-order valence-corrected chi connectivity index (χ1v) is 7.61. The van der Waals surface area contributed by atoms with E-state index in [1.807, 2.05) is 44.3 Å². The molecule has 0 bridgehead atoms. The smallest absolute Gasteiger partial charge is 0.292 e. The van der Waals surface area contributed by atoms with Crippen LogP contribution in [0.15, 0.2) is 34.7 Å². The number of furan rings is 1. The maximum atomic E-state index is 12.6. The van der Waals surface area contributed by atoms with E-state index in [0.29, 0.717) is 11.6 Å². The summed E-state index contributed by atoms with van der Waals surface area (Å²) in [7, 11) is 1.82. The van der Waals surface area contributed by atoms with Crippen molar-refractivity contribution in [3.05, 3.63) is 47.3 Å². The predicted octanol–water partition coefficient (Wildman–Crippen LogP) is 4.02. The van der Waals surface area contributed by atoms with Gasteiger partial charge in [-0.25, -0.2) is 0 Å². The molecule has 2 aromatic heterocycles. The van der Waals surface area contributed by atoms with Gasteiger partial charge in [0.05, 0.1) is 5.69 Å². The van der Waals surface area contributed by atoms with E-state index in [2.05, 4.69) is 31.2 Å². The van der Waals surface area contributed by atoms with Crippen molar-refractivity contribution in [1.82, 2.24) is 9.78 Å². The summed E-state index contributed by atoms with van der Waals surface area (Å²) in [5.41, 5.74) is 2.42. The van der Waals surface area contributed by atoms with Crippen LogP contribution in [0.5, 0.6) is 0 Å². The highest BCUT2D eigenvalue weighted by Gasteiger charge is 2.22. The lowest BCUT2D eigenvalue weighted by Crippen LogP contribution is -2.14. The van der Waals surface area contributed by atoms with Gasteiger partial charge in [0.15, 0.2) is 5.76 Å². The molecule has 0 aliphatic rings. The monoisotopic (exact) mass is 311 g/mol. The zero-order valence-electron chi connectivity index (χ0n) is 14.1. The lowest BCUT2D eigenvalue weighted by Gasteiger charge is -2.13. The van der Waals surface area contributed by atoms with Crippen molar-refractivity contribution in [2.75, 3.05) is 5.32 Å². The largest absolute Gasteiger partial charge is 0.451 e. The van der Waals surface area contributed by atoms with Crippen molar-refractivity contribution in [2.24, 2.45) is 7.05 Å². The highest BCUT2D eigenvalue weighted by atomic mass is 16.3. The molecule has 0 aliphatic carbocycles. The Kier molecular flexibility index (Phi) is 3.51. The Morgan fingerprint density at radius 1 is 1.26 bits per heavy atom. The number of fused-ring (bicyclic) bond motifs is 1. The van der Waals surface area contributed by atoms with Crippen LogP contribution in [0, 0.1) is 6.92 Å². The van der Waals surface area contributed by atoms with E-state index < -0.39 is 0 Å². The third-order valence-corrected chi connectivity index (χ3v) is 3.94. The fourth-order valence-electron chi connectivity index (χ4n) is 2.51. The Morgan fingerprint density at radius 3 is 2.57 bits per heavy atom. The van der Waals surface area contributed by atoms with Crippen LogP contribution in [0.25, 0.3) is 11.0 Å². The minimum atomic E-state index is -0.262. The van der Waals surface area contributed by atoms with E-state index in [0.717, 1.165) is 22.2 Å². The molecule has 0 radical (unpaired) electrons. The minimum absolute atomic E-state index is 0.0734. The number of hydrogen-bond acceptors (Lipinski definition) is 3. The minimum Gasteiger partial charge on any atom is -0.451 e. The molecule has 2 heterocycles. The first-order valence-electron chi connectivity index (χ1n) is 7.61. The Bertz CT molecular complexity index is 881. The van der Waals surface area contributed by atoms with Gasteiger partial charge in [-0.3, -0.25) is 9.48 Å². The van der Waals surface area contributed by atoms with E-state index in [1.54, 1.807) is 4.68 Å². The van der Waals surface area contributed by atoms with E-state index in [1.165, 1.54) is 0 Å². The van der Waals surface area contributed by atoms with Gasteiger partial charge in [0.25, 0.3) is 5.91 Å². The molecule has 0 unspecified atom stereocenters. The number of aromatic nitrogens is 2. The van der Waals surface area contributed by atoms with Crippen LogP contribution in [-0.2, 0) is 12.5 Å². The van der Waals surface area contributed by atoms with E-state index in [-0.39, 0.29) is 11.3 Å². The van der Waals surface area contributed by atoms with Crippen molar-refractivity contribution >= 4 is 22.7 Å². The van der Waals surface area contributed by atoms with Crippen LogP contribution >= 0.6 is 0 Å². The summed E-state index contributed by atoms with van der Waals surface area (Å²) >= 11 is 0. The molecule has 0 aliphatic heterocycles. The zero-order valence-corrected chi connectivity index (χ0v) is 14.1. The molecule has 3 rings (SSSR count). The third kappa shape index (κ3) is 2.74. The van der Waals surface area contributed by atoms with Crippen LogP contribution < -0.4 is 5.32 Å². The van der Waals surface area contributed by atoms with E-state index in [4.69, 9.17) is 4.42 Å². The molecule has 1 amide bonds. The SMILES string of the molecule is Cc1c(C(=O)Nc2cc(C(C)(C)C)nn2C)oc2ccccc12. The summed E-state index contributed by atoms with van der Waals surface area (Å²) in [6, 6.07) is 9.54. The van der Waals surface area contributed by atoms with Gasteiger partial charge in [-0.05, 0) is 13.0 Å². The molecule has 120 valence electrons. The molecule has 23 heavy (non-hydrogen) atoms. The van der Waals surface area contributed by atoms with Gasteiger partial charge in [0, 0.05) is 29.5 Å². The summed E-state index contributed by atoms with van der Waals surface area (Å²) < 4.78 is 7.38. The summed E-state index contributed by atoms with van der Waals surface area (Å²) in [6.45, 7) is 8.16. The summed E-state index contributed by atoms with van der Waals surface area (Å²) in [5.74, 6) is 0.728. The maximum Gasteiger partial charge on any atom is 0.292 e. The molecule has 0 fully saturated rings. The Hall–Kier alpha value is -2.56. The Balaban J connectivity index is 1.92. The first-order chi connectivity index (χ1) is 10.8. The maximum absolute atomic E-state index is 12.6. The first kappa shape index (κ1) is 15.3. The summed E-state index contributed by atoms with van der Waals surface area (Å²) in [5, 5.41) is 8.31. The van der Waals surface area contributed by atoms with Gasteiger partial charge < -0.3 is 9.73 Å². The van der Waals surface area contributed by atoms with Gasteiger partial charge in [0.2, 0.25) is 0 Å². The number of carbonyl (C=O) groups excluding carboxylic acids is 1. The summed E-state index contributed by atoms with van der Waals surface area (Å²) in [6.07, 6.45) is 0. The van der Waals surface area contributed by atoms with Gasteiger partial charge in [-0.1, -0.05) is 39.0 Å². The quantitative estimate of drug-likeness (QED) is 0.777. The highest BCUT2D eigenvalue weighted by molar-refractivity contribution is 6.06. The number of anilines is 1. The molecule has 0 saturated carbocycles. The normalized spacial score (nSPS) is 11.9. The molecule has 3 aromatic rings. The second kappa shape index (κ2) is 5.26. The number of aryl methyl sites for hydroxylation is 2. The number of rotatable bonds is 2. The van der Waals surface area contributed by atoms with Gasteiger partial charge in [0.1, 0.15) is 11.4 Å². The number of hydrogen-bond donors (Lipinski definition) is 1. The number of nitrogens with zero attached hydrogens (tertiary/aromatic N) is 2. The van der Waals surface area contributed by atoms with Crippen LogP contribution in [-0.4, -0.2) is 15.7 Å². The standard InChI is InChI=1S/C18H21N3O2/c1-11-12-8-6-7-9-13(12)23-16(11)17(22)19-15-10-14(18(2,3)4)20-21(15)5/h6-10H,1-5H3,(H,19,22). The fourth-order valence-corrected chi connectivity index (χ4v) is 2.51. The van der Waals surface area contributed by atoms with Crippen molar-refractivity contribution < 1.29 is 9.21 Å². The number of benzene rings is 1. The van der Waals surface area contributed by atoms with Crippen molar-refractivity contribution in [1.29, 1.82) is 0 Å². The second-order valence-corrected chi connectivity index (χ2v) is 6.79. The predicted molar refractivity (Wildman–Crippen MR) is 90.8 cm³/mol. The van der Waals surface area contributed by atoms with Crippen molar-refractivity contribution in [3.8, 4) is 0 Å². The lowest BCUT2D eigenvalue weighted by molar-refractivity contribution is 0.0997. The number of para-hydroxylation sites is 1. The number of amides is 1. The average Bonchev–Trinajstić information content (AvgIpc) is 3.01. The van der Waals surface area contributed by atoms with Crippen LogP contribution in [0.1, 0.15) is 42.6 Å². The molecule has 1 N–H and O–H groups in total. The molecular weight excluding hydrogens is 290 g/mol. The Morgan fingerprint density at radius 2 is 1.96 bits per heavy atom. The number of carbonyl (C=O) groups is 1. The molecule has 5 heteroatoms. The van der Waals surface area contributed by atoms with Crippen LogP contribution in [0.2, 0.25) is 0 Å². The molecule has 0 spiro atoms. The number of nitrogens with one attached hydrogen (secondary N) is 1. The molecular formula is C18H21N3O2. The fraction of sp³-hybridized carbons (Fsp3) is 0.333. The van der Waals surface area contributed by atoms with Gasteiger partial charge in [-0.2, -0.15) is 5.10 Å².